The van der Waals surface area contributed by atoms with Crippen LogP contribution >= 0.6 is 0 Å². The summed E-state index contributed by atoms with van der Waals surface area (Å²) in [6, 6.07) is 6.15. The quantitative estimate of drug-likeness (QED) is 0.899. The summed E-state index contributed by atoms with van der Waals surface area (Å²) in [6.07, 6.45) is 6.19. The van der Waals surface area contributed by atoms with Gasteiger partial charge in [-0.1, -0.05) is 19.3 Å². The number of amides is 1. The molecule has 0 bridgehead atoms. The molecule has 0 unspecified atom stereocenters. The molecule has 0 radical (unpaired) electrons. The van der Waals surface area contributed by atoms with Crippen LogP contribution in [0.5, 0.6) is 0 Å². The summed E-state index contributed by atoms with van der Waals surface area (Å²) in [5.74, 6) is 0.00831. The van der Waals surface area contributed by atoms with Gasteiger partial charge in [0.2, 0.25) is 5.91 Å². The van der Waals surface area contributed by atoms with Gasteiger partial charge < -0.3 is 10.6 Å². The van der Waals surface area contributed by atoms with Crippen molar-refractivity contribution in [2.24, 2.45) is 11.7 Å². The van der Waals surface area contributed by atoms with Gasteiger partial charge >= 0.3 is 0 Å². The maximum Gasteiger partial charge on any atom is 0.230 e. The Balaban J connectivity index is 2.13. The Morgan fingerprint density at radius 1 is 1.20 bits per heavy atom. The molecule has 1 aromatic carbocycles. The summed E-state index contributed by atoms with van der Waals surface area (Å²) in [5, 5.41) is 0. The molecule has 1 aliphatic rings. The molecule has 0 spiro atoms. The van der Waals surface area contributed by atoms with Crippen LogP contribution in [0.3, 0.4) is 0 Å². The Bertz CT molecular complexity index is 427. The lowest BCUT2D eigenvalue weighted by atomic mass is 9.88. The molecule has 110 valence electrons. The van der Waals surface area contributed by atoms with Gasteiger partial charge in [0.1, 0.15) is 5.82 Å². The lowest BCUT2D eigenvalue weighted by Crippen LogP contribution is -2.38. The van der Waals surface area contributed by atoms with E-state index in [1.807, 2.05) is 0 Å². The zero-order valence-corrected chi connectivity index (χ0v) is 11.9. The summed E-state index contributed by atoms with van der Waals surface area (Å²) < 4.78 is 13.0. The Morgan fingerprint density at radius 3 is 2.45 bits per heavy atom. The average Bonchev–Trinajstić information content (AvgIpc) is 2.50. The smallest absolute Gasteiger partial charge is 0.230 e. The van der Waals surface area contributed by atoms with Crippen molar-refractivity contribution in [1.29, 1.82) is 0 Å². The fraction of sp³-hybridized carbons (Fsp3) is 0.562. The summed E-state index contributed by atoms with van der Waals surface area (Å²) in [4.78, 5) is 14.5. The van der Waals surface area contributed by atoms with Gasteiger partial charge in [-0.25, -0.2) is 4.39 Å². The highest BCUT2D eigenvalue weighted by molar-refractivity contribution is 5.95. The number of halogens is 1. The second-order valence-corrected chi connectivity index (χ2v) is 5.44. The number of hydrogen-bond acceptors (Lipinski definition) is 2. The highest BCUT2D eigenvalue weighted by Crippen LogP contribution is 2.27. The van der Waals surface area contributed by atoms with Gasteiger partial charge in [0.25, 0.3) is 0 Å². The van der Waals surface area contributed by atoms with Gasteiger partial charge in [0.15, 0.2) is 0 Å². The predicted octanol–water partition coefficient (Wildman–Crippen LogP) is 3.09. The molecule has 1 aromatic rings. The molecule has 1 amide bonds. The van der Waals surface area contributed by atoms with E-state index in [0.29, 0.717) is 13.1 Å². The van der Waals surface area contributed by atoms with Gasteiger partial charge in [-0.05, 0) is 50.1 Å². The Labute approximate surface area is 120 Å². The molecule has 0 heterocycles. The van der Waals surface area contributed by atoms with Crippen LogP contribution < -0.4 is 10.6 Å². The zero-order valence-electron chi connectivity index (χ0n) is 11.9. The number of nitrogens with zero attached hydrogens (tertiary/aromatic N) is 1. The SMILES string of the molecule is NCCCN(C(=O)C1CCCCC1)c1ccc(F)cc1. The molecular formula is C16H23FN2O. The second kappa shape index (κ2) is 7.39. The number of carbonyl (C=O) groups excluding carboxylic acids is 1. The average molecular weight is 278 g/mol. The maximum absolute atomic E-state index is 13.0. The van der Waals surface area contributed by atoms with Crippen LogP contribution in [0.15, 0.2) is 24.3 Å². The molecule has 0 aromatic heterocycles. The number of benzene rings is 1. The minimum atomic E-state index is -0.280. The molecule has 1 saturated carbocycles. The van der Waals surface area contributed by atoms with Gasteiger partial charge in [-0.15, -0.1) is 0 Å². The molecule has 2 rings (SSSR count). The van der Waals surface area contributed by atoms with Crippen molar-refractivity contribution >= 4 is 11.6 Å². The molecular weight excluding hydrogens is 255 g/mol. The van der Waals surface area contributed by atoms with Crippen LogP contribution in [0.25, 0.3) is 0 Å². The lowest BCUT2D eigenvalue weighted by molar-refractivity contribution is -0.123. The standard InChI is InChI=1S/C16H23FN2O/c17-14-7-9-15(10-8-14)19(12-4-11-18)16(20)13-5-2-1-3-6-13/h7-10,13H,1-6,11-12,18H2. The van der Waals surface area contributed by atoms with Crippen LogP contribution in [-0.2, 0) is 4.79 Å². The van der Waals surface area contributed by atoms with E-state index in [4.69, 9.17) is 5.73 Å². The van der Waals surface area contributed by atoms with Crippen LogP contribution in [0.2, 0.25) is 0 Å². The van der Waals surface area contributed by atoms with Crippen LogP contribution in [0.4, 0.5) is 10.1 Å². The van der Waals surface area contributed by atoms with Gasteiger partial charge in [-0.2, -0.15) is 0 Å². The van der Waals surface area contributed by atoms with E-state index >= 15 is 0 Å². The van der Waals surface area contributed by atoms with Crippen LogP contribution in [0.1, 0.15) is 38.5 Å². The number of anilines is 1. The molecule has 0 atom stereocenters. The van der Waals surface area contributed by atoms with Crippen molar-refractivity contribution in [3.8, 4) is 0 Å². The minimum Gasteiger partial charge on any atom is -0.330 e. The van der Waals surface area contributed by atoms with Crippen molar-refractivity contribution < 1.29 is 9.18 Å². The second-order valence-electron chi connectivity index (χ2n) is 5.44. The largest absolute Gasteiger partial charge is 0.330 e. The van der Waals surface area contributed by atoms with E-state index in [2.05, 4.69) is 0 Å². The van der Waals surface area contributed by atoms with E-state index in [9.17, 15) is 9.18 Å². The fourth-order valence-corrected chi connectivity index (χ4v) is 2.81. The first-order chi connectivity index (χ1) is 9.72. The molecule has 1 fully saturated rings. The molecule has 4 heteroatoms. The van der Waals surface area contributed by atoms with Crippen molar-refractivity contribution in [2.75, 3.05) is 18.0 Å². The molecule has 3 nitrogen and oxygen atoms in total. The molecule has 0 saturated heterocycles. The Kier molecular flexibility index (Phi) is 5.53. The van der Waals surface area contributed by atoms with E-state index in [1.165, 1.54) is 18.6 Å². The molecule has 0 aliphatic heterocycles. The summed E-state index contributed by atoms with van der Waals surface area (Å²) in [6.45, 7) is 1.16. The van der Waals surface area contributed by atoms with Crippen LogP contribution in [0, 0.1) is 11.7 Å². The predicted molar refractivity (Wildman–Crippen MR) is 79.0 cm³/mol. The summed E-state index contributed by atoms with van der Waals surface area (Å²) in [7, 11) is 0. The number of hydrogen-bond donors (Lipinski definition) is 1. The normalized spacial score (nSPS) is 16.1. The first kappa shape index (κ1) is 15.0. The fourth-order valence-electron chi connectivity index (χ4n) is 2.81. The molecule has 2 N–H and O–H groups in total. The van der Waals surface area contributed by atoms with Gasteiger partial charge in [-0.3, -0.25) is 4.79 Å². The van der Waals surface area contributed by atoms with E-state index in [0.717, 1.165) is 37.8 Å². The third-order valence-electron chi connectivity index (χ3n) is 3.94. The highest BCUT2D eigenvalue weighted by atomic mass is 19.1. The molecule has 20 heavy (non-hydrogen) atoms. The maximum atomic E-state index is 13.0. The van der Waals surface area contributed by atoms with Crippen molar-refractivity contribution in [2.45, 2.75) is 38.5 Å². The Hall–Kier alpha value is -1.42. The van der Waals surface area contributed by atoms with Crippen molar-refractivity contribution in [1.82, 2.24) is 0 Å². The Morgan fingerprint density at radius 2 is 1.85 bits per heavy atom. The van der Waals surface area contributed by atoms with Crippen molar-refractivity contribution in [3.63, 3.8) is 0 Å². The van der Waals surface area contributed by atoms with Crippen LogP contribution in [-0.4, -0.2) is 19.0 Å². The monoisotopic (exact) mass is 278 g/mol. The first-order valence-electron chi connectivity index (χ1n) is 7.49. The van der Waals surface area contributed by atoms with E-state index < -0.39 is 0 Å². The zero-order chi connectivity index (χ0) is 14.4. The van der Waals surface area contributed by atoms with Crippen molar-refractivity contribution in [3.05, 3.63) is 30.1 Å². The highest BCUT2D eigenvalue weighted by Gasteiger charge is 2.26. The van der Waals surface area contributed by atoms with Gasteiger partial charge in [0.05, 0.1) is 0 Å². The van der Waals surface area contributed by atoms with E-state index in [1.54, 1.807) is 17.0 Å². The number of carbonyl (C=O) groups is 1. The number of rotatable bonds is 5. The summed E-state index contributed by atoms with van der Waals surface area (Å²) in [5.41, 5.74) is 6.33. The lowest BCUT2D eigenvalue weighted by Gasteiger charge is -2.29. The third-order valence-corrected chi connectivity index (χ3v) is 3.94. The van der Waals surface area contributed by atoms with Gasteiger partial charge in [0, 0.05) is 18.2 Å². The minimum absolute atomic E-state index is 0.117. The topological polar surface area (TPSA) is 46.3 Å². The number of nitrogens with two attached hydrogens (primary N) is 1. The first-order valence-corrected chi connectivity index (χ1v) is 7.49. The van der Waals surface area contributed by atoms with E-state index in [-0.39, 0.29) is 17.6 Å². The third kappa shape index (κ3) is 3.79. The summed E-state index contributed by atoms with van der Waals surface area (Å²) >= 11 is 0. The molecule has 1 aliphatic carbocycles.